The van der Waals surface area contributed by atoms with Crippen LogP contribution in [0.15, 0.2) is 47.4 Å². The number of nitrogens with zero attached hydrogens (tertiary/aromatic N) is 1. The van der Waals surface area contributed by atoms with Gasteiger partial charge in [-0.15, -0.1) is 0 Å². The number of pyridine rings is 1. The molecule has 0 saturated heterocycles. The molecular formula is C14H14FNO3S. The maximum absolute atomic E-state index is 13.5. The van der Waals surface area contributed by atoms with Gasteiger partial charge >= 0.3 is 0 Å². The zero-order valence-corrected chi connectivity index (χ0v) is 11.7. The van der Waals surface area contributed by atoms with Crippen LogP contribution < -0.4 is 5.56 Å². The second-order valence-electron chi connectivity index (χ2n) is 4.61. The molecule has 2 aromatic rings. The van der Waals surface area contributed by atoms with Crippen LogP contribution in [0.5, 0.6) is 0 Å². The molecule has 0 spiro atoms. The molecule has 0 atom stereocenters. The van der Waals surface area contributed by atoms with E-state index in [2.05, 4.69) is 0 Å². The van der Waals surface area contributed by atoms with E-state index in [0.717, 1.165) is 0 Å². The summed E-state index contributed by atoms with van der Waals surface area (Å²) in [5.74, 6) is -1.20. The molecule has 0 N–H and O–H groups in total. The Hall–Kier alpha value is -1.95. The maximum atomic E-state index is 13.5. The van der Waals surface area contributed by atoms with Gasteiger partial charge in [0.15, 0.2) is 9.84 Å². The van der Waals surface area contributed by atoms with Crippen LogP contribution in [-0.2, 0) is 28.4 Å². The fourth-order valence-electron chi connectivity index (χ4n) is 1.84. The van der Waals surface area contributed by atoms with Crippen molar-refractivity contribution in [2.24, 2.45) is 7.05 Å². The monoisotopic (exact) mass is 295 g/mol. The Balaban J connectivity index is 2.21. The summed E-state index contributed by atoms with van der Waals surface area (Å²) in [6.07, 6.45) is 1.51. The minimum atomic E-state index is -3.53. The van der Waals surface area contributed by atoms with E-state index >= 15 is 0 Å². The molecule has 0 bridgehead atoms. The van der Waals surface area contributed by atoms with Crippen LogP contribution in [-0.4, -0.2) is 13.0 Å². The molecule has 4 nitrogen and oxygen atoms in total. The highest BCUT2D eigenvalue weighted by atomic mass is 32.2. The van der Waals surface area contributed by atoms with Gasteiger partial charge in [0.05, 0.1) is 11.5 Å². The predicted molar refractivity (Wildman–Crippen MR) is 74.4 cm³/mol. The summed E-state index contributed by atoms with van der Waals surface area (Å²) in [5, 5.41) is 0. The topological polar surface area (TPSA) is 56.1 Å². The lowest BCUT2D eigenvalue weighted by atomic mass is 10.2. The number of rotatable bonds is 4. The number of hydrogen-bond donors (Lipinski definition) is 0. The molecule has 2 rings (SSSR count). The molecule has 0 fully saturated rings. The number of aromatic nitrogens is 1. The zero-order valence-electron chi connectivity index (χ0n) is 10.9. The van der Waals surface area contributed by atoms with Crippen LogP contribution in [0.1, 0.15) is 11.1 Å². The molecule has 0 aliphatic carbocycles. The molecule has 20 heavy (non-hydrogen) atoms. The van der Waals surface area contributed by atoms with Crippen LogP contribution in [0, 0.1) is 5.82 Å². The molecule has 0 amide bonds. The van der Waals surface area contributed by atoms with Crippen LogP contribution >= 0.6 is 0 Å². The van der Waals surface area contributed by atoms with Crippen molar-refractivity contribution in [3.63, 3.8) is 0 Å². The van der Waals surface area contributed by atoms with Gasteiger partial charge in [-0.05, 0) is 17.7 Å². The van der Waals surface area contributed by atoms with E-state index in [1.165, 1.54) is 35.0 Å². The summed E-state index contributed by atoms with van der Waals surface area (Å²) >= 11 is 0. The summed E-state index contributed by atoms with van der Waals surface area (Å²) < 4.78 is 38.9. The number of aryl methyl sites for hydroxylation is 1. The molecule has 0 unspecified atom stereocenters. The lowest BCUT2D eigenvalue weighted by Crippen LogP contribution is -2.17. The van der Waals surface area contributed by atoms with Crippen molar-refractivity contribution in [2.45, 2.75) is 11.5 Å². The summed E-state index contributed by atoms with van der Waals surface area (Å²) in [4.78, 5) is 11.4. The second kappa shape index (κ2) is 5.58. The molecule has 6 heteroatoms. The summed E-state index contributed by atoms with van der Waals surface area (Å²) in [7, 11) is -1.94. The van der Waals surface area contributed by atoms with E-state index in [-0.39, 0.29) is 22.6 Å². The van der Waals surface area contributed by atoms with Crippen LogP contribution in [0.3, 0.4) is 0 Å². The van der Waals surface area contributed by atoms with Gasteiger partial charge in [0.1, 0.15) is 5.82 Å². The second-order valence-corrected chi connectivity index (χ2v) is 6.67. The summed E-state index contributed by atoms with van der Waals surface area (Å²) in [6, 6.07) is 8.61. The van der Waals surface area contributed by atoms with Crippen LogP contribution in [0.25, 0.3) is 0 Å². The Morgan fingerprint density at radius 1 is 1.15 bits per heavy atom. The van der Waals surface area contributed by atoms with Crippen LogP contribution in [0.4, 0.5) is 4.39 Å². The van der Waals surface area contributed by atoms with Gasteiger partial charge < -0.3 is 4.57 Å². The number of halogens is 1. The van der Waals surface area contributed by atoms with Crippen LogP contribution in [0.2, 0.25) is 0 Å². The Morgan fingerprint density at radius 2 is 1.85 bits per heavy atom. The molecule has 1 aromatic heterocycles. The average Bonchev–Trinajstić information content (AvgIpc) is 2.36. The SMILES string of the molecule is Cn1ccc(CS(=O)(=O)Cc2ccccc2F)cc1=O. The van der Waals surface area contributed by atoms with Crippen molar-refractivity contribution in [1.29, 1.82) is 0 Å². The third-order valence-electron chi connectivity index (χ3n) is 2.89. The third-order valence-corrected chi connectivity index (χ3v) is 4.41. The van der Waals surface area contributed by atoms with Gasteiger partial charge in [-0.1, -0.05) is 18.2 Å². The Morgan fingerprint density at radius 3 is 2.50 bits per heavy atom. The molecule has 106 valence electrons. The highest BCUT2D eigenvalue weighted by Crippen LogP contribution is 2.14. The molecule has 1 heterocycles. The summed E-state index contributed by atoms with van der Waals surface area (Å²) in [5.41, 5.74) is 0.268. The van der Waals surface area contributed by atoms with Gasteiger partial charge in [0, 0.05) is 24.9 Å². The van der Waals surface area contributed by atoms with Gasteiger partial charge in [-0.2, -0.15) is 0 Å². The molecule has 0 aliphatic rings. The minimum Gasteiger partial charge on any atom is -0.319 e. The first-order valence-corrected chi connectivity index (χ1v) is 7.79. The van der Waals surface area contributed by atoms with E-state index in [1.54, 1.807) is 19.2 Å². The lowest BCUT2D eigenvalue weighted by Gasteiger charge is -2.06. The number of hydrogen-bond acceptors (Lipinski definition) is 3. The average molecular weight is 295 g/mol. The first-order valence-electron chi connectivity index (χ1n) is 5.97. The van der Waals surface area contributed by atoms with Gasteiger partial charge in [0.2, 0.25) is 0 Å². The van der Waals surface area contributed by atoms with Gasteiger partial charge in [-0.3, -0.25) is 4.79 Å². The van der Waals surface area contributed by atoms with E-state index in [0.29, 0.717) is 5.56 Å². The van der Waals surface area contributed by atoms with Gasteiger partial charge in [-0.25, -0.2) is 12.8 Å². The highest BCUT2D eigenvalue weighted by molar-refractivity contribution is 7.89. The standard InChI is InChI=1S/C14H14FNO3S/c1-16-7-6-11(8-14(16)17)9-20(18,19)10-12-4-2-3-5-13(12)15/h2-8H,9-10H2,1H3. The Kier molecular flexibility index (Phi) is 4.04. The fourth-order valence-corrected chi connectivity index (χ4v) is 3.33. The zero-order chi connectivity index (χ0) is 14.8. The van der Waals surface area contributed by atoms with E-state index in [9.17, 15) is 17.6 Å². The van der Waals surface area contributed by atoms with Crippen molar-refractivity contribution in [1.82, 2.24) is 4.57 Å². The highest BCUT2D eigenvalue weighted by Gasteiger charge is 2.16. The molecular weight excluding hydrogens is 281 g/mol. The number of benzene rings is 1. The largest absolute Gasteiger partial charge is 0.319 e. The predicted octanol–water partition coefficient (Wildman–Crippen LogP) is 1.64. The molecule has 0 radical (unpaired) electrons. The first-order chi connectivity index (χ1) is 9.37. The minimum absolute atomic E-state index is 0.135. The van der Waals surface area contributed by atoms with E-state index in [1.807, 2.05) is 0 Å². The van der Waals surface area contributed by atoms with E-state index < -0.39 is 15.7 Å². The molecule has 1 aromatic carbocycles. The van der Waals surface area contributed by atoms with Crippen molar-refractivity contribution in [3.05, 3.63) is 69.9 Å². The quantitative estimate of drug-likeness (QED) is 0.861. The normalized spacial score (nSPS) is 11.5. The number of sulfone groups is 1. The lowest BCUT2D eigenvalue weighted by molar-refractivity contribution is 0.586. The van der Waals surface area contributed by atoms with E-state index in [4.69, 9.17) is 0 Å². The smallest absolute Gasteiger partial charge is 0.250 e. The Labute approximate surface area is 116 Å². The maximum Gasteiger partial charge on any atom is 0.250 e. The first kappa shape index (κ1) is 14.5. The summed E-state index contributed by atoms with van der Waals surface area (Å²) in [6.45, 7) is 0. The molecule has 0 saturated carbocycles. The van der Waals surface area contributed by atoms with Crippen molar-refractivity contribution in [3.8, 4) is 0 Å². The third kappa shape index (κ3) is 3.54. The fraction of sp³-hybridized carbons (Fsp3) is 0.214. The Bertz CT molecular complexity index is 781. The van der Waals surface area contributed by atoms with Crippen molar-refractivity contribution >= 4 is 9.84 Å². The van der Waals surface area contributed by atoms with Crippen molar-refractivity contribution in [2.75, 3.05) is 0 Å². The van der Waals surface area contributed by atoms with Gasteiger partial charge in [0.25, 0.3) is 5.56 Å². The molecule has 0 aliphatic heterocycles. The van der Waals surface area contributed by atoms with Crippen molar-refractivity contribution < 1.29 is 12.8 Å².